The summed E-state index contributed by atoms with van der Waals surface area (Å²) in [4.78, 5) is 0. The topological polar surface area (TPSA) is 132 Å². The third kappa shape index (κ3) is 15.2. The van der Waals surface area contributed by atoms with Crippen molar-refractivity contribution >= 4 is 20.2 Å². The summed E-state index contributed by atoms with van der Waals surface area (Å²) in [7, 11) is -4.42. The number of imidazole rings is 2. The molecule has 0 radical (unpaired) electrons. The van der Waals surface area contributed by atoms with E-state index in [2.05, 4.69) is 84.8 Å². The molecule has 0 aliphatic carbocycles. The molecule has 2 heterocycles. The van der Waals surface area contributed by atoms with Gasteiger partial charge in [-0.15, -0.1) is 0 Å². The molecule has 0 fully saturated rings. The predicted octanol–water partition coefficient (Wildman–Crippen LogP) is 1.70. The Kier molecular flexibility index (Phi) is 15.2. The third-order valence-electron chi connectivity index (χ3n) is 5.34. The lowest BCUT2D eigenvalue weighted by Gasteiger charge is -2.07. The predicted molar refractivity (Wildman–Crippen MR) is 129 cm³/mol. The van der Waals surface area contributed by atoms with E-state index < -0.39 is 31.7 Å². The molecule has 0 aliphatic heterocycles. The Labute approximate surface area is 205 Å². The smallest absolute Gasteiger partial charge is 0.253 e. The molecule has 0 atom stereocenters. The van der Waals surface area contributed by atoms with E-state index in [-0.39, 0.29) is 12.8 Å². The molecule has 2 aromatic rings. The first-order valence-corrected chi connectivity index (χ1v) is 14.8. The van der Waals surface area contributed by atoms with Crippen molar-refractivity contribution in [3.8, 4) is 0 Å². The van der Waals surface area contributed by atoms with Crippen molar-refractivity contribution in [3.05, 3.63) is 36.4 Å². The minimum Gasteiger partial charge on any atom is -0.748 e. The summed E-state index contributed by atoms with van der Waals surface area (Å²) in [5.74, 6) is 1.42. The average molecular weight is 523 g/mol. The molecule has 0 spiro atoms. The van der Waals surface area contributed by atoms with Crippen LogP contribution >= 0.6 is 0 Å². The molecular weight excluding hydrogens is 480 g/mol. The van der Waals surface area contributed by atoms with Crippen molar-refractivity contribution in [2.75, 3.05) is 11.5 Å². The standard InChI is InChI=1S/2C9H17N2.C4H10O6S2/c2*1-4-5-6-11-8-7-10(3)9(11)2;5-11(6,7)3-1-2-4-12(8,9)10/h2*7-8H,4-6H2,1-3H3;1-4H2,(H,5,6,7)(H,8,9,10)/q2*+1;/p-2. The summed E-state index contributed by atoms with van der Waals surface area (Å²) in [5.41, 5.74) is 0. The van der Waals surface area contributed by atoms with Gasteiger partial charge < -0.3 is 9.11 Å². The number of nitrogens with zero attached hydrogens (tertiary/aromatic N) is 4. The first-order chi connectivity index (χ1) is 15.7. The highest BCUT2D eigenvalue weighted by Crippen LogP contribution is 1.98. The number of hydrogen-bond acceptors (Lipinski definition) is 6. The first kappa shape index (κ1) is 32.2. The van der Waals surface area contributed by atoms with Gasteiger partial charge in [-0.2, -0.15) is 0 Å². The SMILES string of the molecule is CCCCn1cc[n+](C)c1C.CCCCn1cc[n+](C)c1C.O=S(=O)([O-])CCCCS(=O)(=O)[O-]. The second-order valence-electron chi connectivity index (χ2n) is 8.24. The number of unbranched alkanes of at least 4 members (excludes halogenated alkanes) is 3. The maximum Gasteiger partial charge on any atom is 0.253 e. The lowest BCUT2D eigenvalue weighted by atomic mass is 10.3. The molecule has 34 heavy (non-hydrogen) atoms. The van der Waals surface area contributed by atoms with Crippen LogP contribution in [-0.2, 0) is 47.4 Å². The molecule has 0 amide bonds. The Bertz CT molecular complexity index is 959. The summed E-state index contributed by atoms with van der Waals surface area (Å²) < 4.78 is 68.7. The largest absolute Gasteiger partial charge is 0.748 e. The van der Waals surface area contributed by atoms with Gasteiger partial charge in [-0.25, -0.2) is 35.1 Å². The van der Waals surface area contributed by atoms with Gasteiger partial charge in [0, 0.05) is 25.4 Å². The fourth-order valence-electron chi connectivity index (χ4n) is 2.88. The van der Waals surface area contributed by atoms with E-state index in [4.69, 9.17) is 0 Å². The summed E-state index contributed by atoms with van der Waals surface area (Å²) in [6.07, 6.45) is 13.4. The van der Waals surface area contributed by atoms with Gasteiger partial charge in [-0.3, -0.25) is 0 Å². The summed E-state index contributed by atoms with van der Waals surface area (Å²) in [6, 6.07) is 0. The summed E-state index contributed by atoms with van der Waals surface area (Å²) >= 11 is 0. The van der Waals surface area contributed by atoms with E-state index in [1.54, 1.807) is 0 Å². The zero-order valence-corrected chi connectivity index (χ0v) is 23.1. The van der Waals surface area contributed by atoms with Crippen LogP contribution in [0.3, 0.4) is 0 Å². The van der Waals surface area contributed by atoms with E-state index in [1.807, 2.05) is 0 Å². The molecule has 198 valence electrons. The van der Waals surface area contributed by atoms with Gasteiger partial charge in [0.2, 0.25) is 0 Å². The maximum atomic E-state index is 9.97. The molecular formula is C22H42N4O6S2. The van der Waals surface area contributed by atoms with Crippen molar-refractivity contribution in [1.29, 1.82) is 0 Å². The maximum absolute atomic E-state index is 9.97. The lowest BCUT2D eigenvalue weighted by molar-refractivity contribution is -0.677. The molecule has 12 heteroatoms. The molecule has 0 N–H and O–H groups in total. The molecule has 0 saturated heterocycles. The summed E-state index contributed by atoms with van der Waals surface area (Å²) in [6.45, 7) is 11.1. The van der Waals surface area contributed by atoms with Gasteiger partial charge in [0.25, 0.3) is 11.6 Å². The molecule has 0 saturated carbocycles. The Morgan fingerprint density at radius 3 is 1.24 bits per heavy atom. The molecule has 0 aliphatic rings. The van der Waals surface area contributed by atoms with Crippen LogP contribution in [0.2, 0.25) is 0 Å². The van der Waals surface area contributed by atoms with Gasteiger partial charge in [-0.05, 0) is 25.7 Å². The highest BCUT2D eigenvalue weighted by molar-refractivity contribution is 7.86. The minimum atomic E-state index is -4.29. The van der Waals surface area contributed by atoms with Crippen molar-refractivity contribution in [3.63, 3.8) is 0 Å². The second kappa shape index (κ2) is 16.0. The van der Waals surface area contributed by atoms with Crippen LogP contribution in [0.4, 0.5) is 0 Å². The van der Waals surface area contributed by atoms with Crippen LogP contribution in [0.15, 0.2) is 24.8 Å². The fourth-order valence-corrected chi connectivity index (χ4v) is 4.00. The van der Waals surface area contributed by atoms with Crippen molar-refractivity contribution < 1.29 is 35.1 Å². The monoisotopic (exact) mass is 522 g/mol. The van der Waals surface area contributed by atoms with Crippen LogP contribution in [0.5, 0.6) is 0 Å². The summed E-state index contributed by atoms with van der Waals surface area (Å²) in [5, 5.41) is 0. The minimum absolute atomic E-state index is 0.0900. The first-order valence-electron chi connectivity index (χ1n) is 11.6. The zero-order valence-electron chi connectivity index (χ0n) is 21.4. The van der Waals surface area contributed by atoms with Crippen molar-refractivity contribution in [2.24, 2.45) is 14.1 Å². The lowest BCUT2D eigenvalue weighted by Crippen LogP contribution is -2.29. The number of hydrogen-bond donors (Lipinski definition) is 0. The molecule has 2 aromatic heterocycles. The van der Waals surface area contributed by atoms with E-state index in [0.717, 1.165) is 13.1 Å². The van der Waals surface area contributed by atoms with Crippen LogP contribution in [0.1, 0.15) is 64.0 Å². The van der Waals surface area contributed by atoms with Crippen LogP contribution in [0, 0.1) is 13.8 Å². The Morgan fingerprint density at radius 2 is 1.03 bits per heavy atom. The van der Waals surface area contributed by atoms with E-state index in [0.29, 0.717) is 0 Å². The normalized spacial score (nSPS) is 11.4. The van der Waals surface area contributed by atoms with Crippen molar-refractivity contribution in [1.82, 2.24) is 9.13 Å². The number of aromatic nitrogens is 4. The Balaban J connectivity index is 0.000000481. The fraction of sp³-hybridized carbons (Fsp3) is 0.727. The second-order valence-corrected chi connectivity index (χ2v) is 11.3. The van der Waals surface area contributed by atoms with Crippen LogP contribution in [0.25, 0.3) is 0 Å². The van der Waals surface area contributed by atoms with Gasteiger partial charge in [-0.1, -0.05) is 26.7 Å². The molecule has 0 aromatic carbocycles. The highest BCUT2D eigenvalue weighted by Gasteiger charge is 2.07. The van der Waals surface area contributed by atoms with Crippen LogP contribution in [-0.4, -0.2) is 46.6 Å². The van der Waals surface area contributed by atoms with E-state index in [1.165, 1.54) is 37.3 Å². The van der Waals surface area contributed by atoms with Gasteiger partial charge in [0.05, 0.1) is 47.4 Å². The third-order valence-corrected chi connectivity index (χ3v) is 6.91. The molecule has 0 bridgehead atoms. The quantitative estimate of drug-likeness (QED) is 0.251. The van der Waals surface area contributed by atoms with Gasteiger partial charge >= 0.3 is 0 Å². The molecule has 0 unspecified atom stereocenters. The number of aryl methyl sites for hydroxylation is 4. The Hall–Kier alpha value is -1.76. The molecule has 2 rings (SSSR count). The molecule has 10 nitrogen and oxygen atoms in total. The van der Waals surface area contributed by atoms with Gasteiger partial charge in [0.1, 0.15) is 24.8 Å². The highest BCUT2D eigenvalue weighted by atomic mass is 32.2. The van der Waals surface area contributed by atoms with E-state index >= 15 is 0 Å². The Morgan fingerprint density at radius 1 is 0.706 bits per heavy atom. The zero-order chi connectivity index (χ0) is 26.4. The van der Waals surface area contributed by atoms with E-state index in [9.17, 15) is 25.9 Å². The van der Waals surface area contributed by atoms with Crippen LogP contribution < -0.4 is 9.13 Å². The van der Waals surface area contributed by atoms with Gasteiger partial charge in [0.15, 0.2) is 0 Å². The van der Waals surface area contributed by atoms with Crippen molar-refractivity contribution in [2.45, 2.75) is 79.3 Å². The number of rotatable bonds is 11. The average Bonchev–Trinajstić information content (AvgIpc) is 3.23.